The summed E-state index contributed by atoms with van der Waals surface area (Å²) < 4.78 is 0. The fraction of sp³-hybridized carbons (Fsp3) is 0.929. The third kappa shape index (κ3) is 11.5. The van der Waals surface area contributed by atoms with Gasteiger partial charge in [0.25, 0.3) is 0 Å². The van der Waals surface area contributed by atoms with Crippen LogP contribution in [0.5, 0.6) is 0 Å². The van der Waals surface area contributed by atoms with E-state index in [4.69, 9.17) is 5.73 Å². The molecule has 0 heterocycles. The molecular formula is C14H29NO. The molecule has 2 heteroatoms. The summed E-state index contributed by atoms with van der Waals surface area (Å²) >= 11 is 0. The van der Waals surface area contributed by atoms with E-state index in [0.717, 1.165) is 18.3 Å². The second-order valence-corrected chi connectivity index (χ2v) is 5.59. The normalized spacial score (nSPS) is 16.8. The van der Waals surface area contributed by atoms with Crippen molar-refractivity contribution < 1.29 is 4.79 Å². The predicted octanol–water partition coefficient (Wildman–Crippen LogP) is 3.88. The minimum Gasteiger partial charge on any atom is -0.370 e. The molecule has 96 valence electrons. The zero-order chi connectivity index (χ0) is 12.4. The minimum absolute atomic E-state index is 0.147. The van der Waals surface area contributed by atoms with E-state index in [0.29, 0.717) is 6.42 Å². The first kappa shape index (κ1) is 15.5. The monoisotopic (exact) mass is 227 g/mol. The van der Waals surface area contributed by atoms with Crippen LogP contribution in [0, 0.1) is 11.8 Å². The molecule has 2 N–H and O–H groups in total. The van der Waals surface area contributed by atoms with Crippen LogP contribution in [0.25, 0.3) is 0 Å². The molecule has 1 aliphatic rings. The highest BCUT2D eigenvalue weighted by atomic mass is 16.1. The molecule has 1 rings (SSSR count). The average Bonchev–Trinajstić information content (AvgIpc) is 2.18. The molecule has 0 aliphatic heterocycles. The number of carbonyl (C=O) groups excluding carboxylic acids is 1. The Bertz CT molecular complexity index is 169. The van der Waals surface area contributed by atoms with E-state index in [1.54, 1.807) is 0 Å². The molecule has 1 amide bonds. The Morgan fingerprint density at radius 1 is 1.19 bits per heavy atom. The summed E-state index contributed by atoms with van der Waals surface area (Å²) in [5.74, 6) is 1.57. The maximum Gasteiger partial charge on any atom is 0.217 e. The number of nitrogens with two attached hydrogens (primary N) is 1. The van der Waals surface area contributed by atoms with E-state index in [9.17, 15) is 4.79 Å². The molecule has 1 aliphatic carbocycles. The molecule has 0 bridgehead atoms. The third-order valence-corrected chi connectivity index (χ3v) is 2.76. The molecule has 0 atom stereocenters. The standard InChI is InChI=1S/C10H19NO.C4H10/c11-10(12)8-4-7-9-5-2-1-3-6-9;1-4(2)3/h9H,1-8H2,(H2,11,12);4H,1-3H3. The van der Waals surface area contributed by atoms with Gasteiger partial charge in [0.2, 0.25) is 5.91 Å². The maximum absolute atomic E-state index is 10.5. The van der Waals surface area contributed by atoms with Crippen LogP contribution in [0.2, 0.25) is 0 Å². The van der Waals surface area contributed by atoms with Crippen LogP contribution in [0.3, 0.4) is 0 Å². The van der Waals surface area contributed by atoms with Crippen molar-refractivity contribution in [3.05, 3.63) is 0 Å². The summed E-state index contributed by atoms with van der Waals surface area (Å²) in [4.78, 5) is 10.5. The third-order valence-electron chi connectivity index (χ3n) is 2.76. The molecule has 2 nitrogen and oxygen atoms in total. The maximum atomic E-state index is 10.5. The van der Waals surface area contributed by atoms with Gasteiger partial charge in [-0.3, -0.25) is 4.79 Å². The number of carbonyl (C=O) groups is 1. The Labute approximate surface area is 101 Å². The molecule has 0 radical (unpaired) electrons. The van der Waals surface area contributed by atoms with Crippen LogP contribution >= 0.6 is 0 Å². The van der Waals surface area contributed by atoms with Gasteiger partial charge in [-0.1, -0.05) is 52.9 Å². The number of primary amides is 1. The van der Waals surface area contributed by atoms with Crippen molar-refractivity contribution in [2.75, 3.05) is 0 Å². The first-order chi connectivity index (χ1) is 7.52. The summed E-state index contributed by atoms with van der Waals surface area (Å²) in [5, 5.41) is 0. The van der Waals surface area contributed by atoms with Gasteiger partial charge in [-0.25, -0.2) is 0 Å². The van der Waals surface area contributed by atoms with Crippen molar-refractivity contribution >= 4 is 5.91 Å². The van der Waals surface area contributed by atoms with E-state index < -0.39 is 0 Å². The second-order valence-electron chi connectivity index (χ2n) is 5.59. The summed E-state index contributed by atoms with van der Waals surface area (Å²) in [6.07, 6.45) is 9.73. The quantitative estimate of drug-likeness (QED) is 0.778. The SMILES string of the molecule is CC(C)C.NC(=O)CCCC1CCCCC1. The summed E-state index contributed by atoms with van der Waals surface area (Å²) in [6, 6.07) is 0. The van der Waals surface area contributed by atoms with Gasteiger partial charge in [0.05, 0.1) is 0 Å². The smallest absolute Gasteiger partial charge is 0.217 e. The van der Waals surface area contributed by atoms with Gasteiger partial charge in [-0.15, -0.1) is 0 Å². The van der Waals surface area contributed by atoms with Crippen LogP contribution in [0.4, 0.5) is 0 Å². The Kier molecular flexibility index (Phi) is 9.36. The van der Waals surface area contributed by atoms with Gasteiger partial charge in [0, 0.05) is 6.42 Å². The van der Waals surface area contributed by atoms with Crippen molar-refractivity contribution in [3.63, 3.8) is 0 Å². The van der Waals surface area contributed by atoms with Crippen LogP contribution < -0.4 is 5.73 Å². The average molecular weight is 227 g/mol. The first-order valence-corrected chi connectivity index (χ1v) is 6.80. The number of hydrogen-bond acceptors (Lipinski definition) is 1. The molecule has 1 saturated carbocycles. The van der Waals surface area contributed by atoms with Gasteiger partial charge >= 0.3 is 0 Å². The van der Waals surface area contributed by atoms with Gasteiger partial charge in [0.15, 0.2) is 0 Å². The van der Waals surface area contributed by atoms with Crippen molar-refractivity contribution in [2.24, 2.45) is 17.6 Å². The van der Waals surface area contributed by atoms with Crippen molar-refractivity contribution in [2.45, 2.75) is 72.1 Å². The van der Waals surface area contributed by atoms with E-state index in [1.165, 1.54) is 38.5 Å². The summed E-state index contributed by atoms with van der Waals surface area (Å²) in [5.41, 5.74) is 5.07. The van der Waals surface area contributed by atoms with Gasteiger partial charge in [-0.2, -0.15) is 0 Å². The second kappa shape index (κ2) is 9.68. The molecule has 0 aromatic heterocycles. The Morgan fingerprint density at radius 2 is 1.69 bits per heavy atom. The molecule has 0 aromatic carbocycles. The highest BCUT2D eigenvalue weighted by molar-refractivity contribution is 5.73. The van der Waals surface area contributed by atoms with Crippen LogP contribution in [-0.4, -0.2) is 5.91 Å². The van der Waals surface area contributed by atoms with E-state index in [2.05, 4.69) is 20.8 Å². The molecular weight excluding hydrogens is 198 g/mol. The van der Waals surface area contributed by atoms with E-state index in [1.807, 2.05) is 0 Å². The molecule has 0 spiro atoms. The molecule has 0 unspecified atom stereocenters. The lowest BCUT2D eigenvalue weighted by Gasteiger charge is -2.20. The molecule has 0 aromatic rings. The fourth-order valence-electron chi connectivity index (χ4n) is 2.04. The van der Waals surface area contributed by atoms with Crippen molar-refractivity contribution in [3.8, 4) is 0 Å². The van der Waals surface area contributed by atoms with Crippen molar-refractivity contribution in [1.82, 2.24) is 0 Å². The van der Waals surface area contributed by atoms with Crippen LogP contribution in [-0.2, 0) is 4.79 Å². The van der Waals surface area contributed by atoms with E-state index in [-0.39, 0.29) is 5.91 Å². The van der Waals surface area contributed by atoms with Crippen LogP contribution in [0.1, 0.15) is 72.1 Å². The number of hydrogen-bond donors (Lipinski definition) is 1. The summed E-state index contributed by atoms with van der Waals surface area (Å²) in [6.45, 7) is 6.50. The zero-order valence-corrected chi connectivity index (χ0v) is 11.3. The zero-order valence-electron chi connectivity index (χ0n) is 11.3. The van der Waals surface area contributed by atoms with Gasteiger partial charge in [-0.05, 0) is 24.7 Å². The fourth-order valence-corrected chi connectivity index (χ4v) is 2.04. The molecule has 0 saturated heterocycles. The predicted molar refractivity (Wildman–Crippen MR) is 70.1 cm³/mol. The lowest BCUT2D eigenvalue weighted by atomic mass is 9.86. The first-order valence-electron chi connectivity index (χ1n) is 6.80. The Balaban J connectivity index is 0.000000487. The van der Waals surface area contributed by atoms with E-state index >= 15 is 0 Å². The van der Waals surface area contributed by atoms with Crippen molar-refractivity contribution in [1.29, 1.82) is 0 Å². The van der Waals surface area contributed by atoms with Gasteiger partial charge in [0.1, 0.15) is 0 Å². The lowest BCUT2D eigenvalue weighted by molar-refractivity contribution is -0.118. The number of rotatable bonds is 4. The topological polar surface area (TPSA) is 43.1 Å². The molecule has 16 heavy (non-hydrogen) atoms. The number of amides is 1. The minimum atomic E-state index is -0.147. The Hall–Kier alpha value is -0.530. The lowest BCUT2D eigenvalue weighted by Crippen LogP contribution is -2.12. The largest absolute Gasteiger partial charge is 0.370 e. The molecule has 1 fully saturated rings. The van der Waals surface area contributed by atoms with Gasteiger partial charge < -0.3 is 5.73 Å². The summed E-state index contributed by atoms with van der Waals surface area (Å²) in [7, 11) is 0. The Morgan fingerprint density at radius 3 is 2.12 bits per heavy atom. The highest BCUT2D eigenvalue weighted by Crippen LogP contribution is 2.27. The highest BCUT2D eigenvalue weighted by Gasteiger charge is 2.12. The van der Waals surface area contributed by atoms with Crippen LogP contribution in [0.15, 0.2) is 0 Å².